The highest BCUT2D eigenvalue weighted by atomic mass is 16.2. The molecule has 0 aliphatic carbocycles. The van der Waals surface area contributed by atoms with Crippen LogP contribution in [0.4, 0.5) is 0 Å². The summed E-state index contributed by atoms with van der Waals surface area (Å²) in [4.78, 5) is 57.4. The molecule has 1 saturated heterocycles. The minimum absolute atomic E-state index is 0.176. The predicted molar refractivity (Wildman–Crippen MR) is 85.3 cm³/mol. The van der Waals surface area contributed by atoms with Crippen molar-refractivity contribution in [2.75, 3.05) is 0 Å². The van der Waals surface area contributed by atoms with Gasteiger partial charge in [-0.05, 0) is 24.1 Å². The Morgan fingerprint density at radius 2 is 1.88 bits per heavy atom. The van der Waals surface area contributed by atoms with E-state index >= 15 is 0 Å². The van der Waals surface area contributed by atoms with E-state index in [-0.39, 0.29) is 29.9 Å². The van der Waals surface area contributed by atoms with Crippen LogP contribution in [0.1, 0.15) is 51.5 Å². The van der Waals surface area contributed by atoms with Crippen molar-refractivity contribution < 1.29 is 24.0 Å². The fraction of sp³-hybridized carbons (Fsp3) is 0.278. The highest BCUT2D eigenvalue weighted by Gasteiger charge is 2.28. The first-order valence-electron chi connectivity index (χ1n) is 7.76. The van der Waals surface area contributed by atoms with Crippen LogP contribution in [0.5, 0.6) is 0 Å². The fourth-order valence-electron chi connectivity index (χ4n) is 2.78. The number of rotatable bonds is 3. The van der Waals surface area contributed by atoms with Gasteiger partial charge in [0.1, 0.15) is 6.29 Å². The second kappa shape index (κ2) is 6.69. The summed E-state index contributed by atoms with van der Waals surface area (Å²) in [5, 5.41) is 4.42. The summed E-state index contributed by atoms with van der Waals surface area (Å²) in [7, 11) is 0. The van der Waals surface area contributed by atoms with E-state index in [1.807, 2.05) is 0 Å². The van der Waals surface area contributed by atoms with Gasteiger partial charge in [0.25, 0.3) is 11.8 Å². The first-order valence-corrected chi connectivity index (χ1v) is 7.76. The SMILES string of the molecule is O=CC(CC#CC1CCC(=O)NC1=O)c1ccc2c(c1)C(=O)NC2=O. The van der Waals surface area contributed by atoms with Crippen molar-refractivity contribution in [3.63, 3.8) is 0 Å². The van der Waals surface area contributed by atoms with Crippen LogP contribution >= 0.6 is 0 Å². The monoisotopic (exact) mass is 338 g/mol. The fourth-order valence-corrected chi connectivity index (χ4v) is 2.78. The van der Waals surface area contributed by atoms with Gasteiger partial charge in [-0.15, -0.1) is 5.92 Å². The third-order valence-corrected chi connectivity index (χ3v) is 4.19. The van der Waals surface area contributed by atoms with Crippen LogP contribution in [0.15, 0.2) is 18.2 Å². The van der Waals surface area contributed by atoms with Crippen LogP contribution in [0, 0.1) is 17.8 Å². The normalized spacial score (nSPS) is 20.1. The van der Waals surface area contributed by atoms with E-state index in [2.05, 4.69) is 22.5 Å². The second-order valence-electron chi connectivity index (χ2n) is 5.86. The minimum atomic E-state index is -0.574. The Bertz CT molecular complexity index is 862. The Morgan fingerprint density at radius 1 is 1.12 bits per heavy atom. The van der Waals surface area contributed by atoms with E-state index in [0.29, 0.717) is 12.0 Å². The highest BCUT2D eigenvalue weighted by molar-refractivity contribution is 6.21. The maximum atomic E-state index is 11.7. The number of aldehydes is 1. The van der Waals surface area contributed by atoms with Gasteiger partial charge < -0.3 is 4.79 Å². The standard InChI is InChI=1S/C18H14N2O5/c21-9-12(3-1-2-10-5-7-15(22)19-16(10)23)11-4-6-13-14(8-11)18(25)20-17(13)24/h4,6,8-10,12H,3,5,7H2,(H,19,22,23)(H,20,24,25). The molecule has 2 N–H and O–H groups in total. The molecule has 1 aromatic carbocycles. The molecule has 126 valence electrons. The summed E-state index contributed by atoms with van der Waals surface area (Å²) >= 11 is 0. The molecule has 0 saturated carbocycles. The molecule has 2 aliphatic rings. The van der Waals surface area contributed by atoms with Gasteiger partial charge in [-0.1, -0.05) is 12.0 Å². The molecule has 2 aliphatic heterocycles. The van der Waals surface area contributed by atoms with Crippen molar-refractivity contribution in [2.45, 2.75) is 25.2 Å². The average molecular weight is 338 g/mol. The molecule has 2 unspecified atom stereocenters. The number of benzene rings is 1. The number of nitrogens with one attached hydrogen (secondary N) is 2. The van der Waals surface area contributed by atoms with Crippen molar-refractivity contribution >= 4 is 29.9 Å². The topological polar surface area (TPSA) is 109 Å². The molecule has 3 rings (SSSR count). The van der Waals surface area contributed by atoms with Crippen molar-refractivity contribution in [3.05, 3.63) is 34.9 Å². The summed E-state index contributed by atoms with van der Waals surface area (Å²) in [6.07, 6.45) is 1.51. The molecule has 1 aromatic rings. The molecule has 7 nitrogen and oxygen atoms in total. The van der Waals surface area contributed by atoms with E-state index in [1.165, 1.54) is 12.1 Å². The quantitative estimate of drug-likeness (QED) is 0.468. The van der Waals surface area contributed by atoms with Gasteiger partial charge in [0.05, 0.1) is 23.0 Å². The zero-order chi connectivity index (χ0) is 18.0. The molecule has 2 heterocycles. The third kappa shape index (κ3) is 3.33. The predicted octanol–water partition coefficient (Wildman–Crippen LogP) is 0.299. The summed E-state index contributed by atoms with van der Waals surface area (Å²) in [6, 6.07) is 4.64. The van der Waals surface area contributed by atoms with Crippen molar-refractivity contribution in [1.29, 1.82) is 0 Å². The van der Waals surface area contributed by atoms with Crippen LogP contribution in [0.2, 0.25) is 0 Å². The number of fused-ring (bicyclic) bond motifs is 1. The summed E-state index contributed by atoms with van der Waals surface area (Å²) in [6.45, 7) is 0. The van der Waals surface area contributed by atoms with Gasteiger partial charge in [0.15, 0.2) is 0 Å². The third-order valence-electron chi connectivity index (χ3n) is 4.19. The van der Waals surface area contributed by atoms with Crippen LogP contribution in [-0.2, 0) is 14.4 Å². The van der Waals surface area contributed by atoms with Crippen molar-refractivity contribution in [1.82, 2.24) is 10.6 Å². The van der Waals surface area contributed by atoms with Crippen molar-refractivity contribution in [2.24, 2.45) is 5.92 Å². The molecule has 2 atom stereocenters. The second-order valence-corrected chi connectivity index (χ2v) is 5.86. The zero-order valence-corrected chi connectivity index (χ0v) is 13.1. The molecule has 7 heteroatoms. The van der Waals surface area contributed by atoms with Gasteiger partial charge in [-0.2, -0.15) is 0 Å². The van der Waals surface area contributed by atoms with Gasteiger partial charge in [-0.25, -0.2) is 0 Å². The van der Waals surface area contributed by atoms with E-state index in [1.54, 1.807) is 6.07 Å². The number of carbonyl (C=O) groups excluding carboxylic acids is 5. The molecule has 0 spiro atoms. The number of piperidine rings is 1. The van der Waals surface area contributed by atoms with Gasteiger partial charge in [0, 0.05) is 12.8 Å². The zero-order valence-electron chi connectivity index (χ0n) is 13.1. The number of carbonyl (C=O) groups is 5. The number of hydrogen-bond acceptors (Lipinski definition) is 5. The molecule has 1 fully saturated rings. The van der Waals surface area contributed by atoms with E-state index in [0.717, 1.165) is 6.29 Å². The molecule has 0 aromatic heterocycles. The molecule has 25 heavy (non-hydrogen) atoms. The molecule has 0 radical (unpaired) electrons. The van der Waals surface area contributed by atoms with E-state index < -0.39 is 29.6 Å². The Labute approximate surface area is 143 Å². The van der Waals surface area contributed by atoms with Crippen LogP contribution in [-0.4, -0.2) is 29.9 Å². The Hall–Kier alpha value is -3.27. The van der Waals surface area contributed by atoms with Crippen LogP contribution < -0.4 is 10.6 Å². The average Bonchev–Trinajstić information content (AvgIpc) is 2.87. The Kier molecular flexibility index (Phi) is 4.44. The summed E-state index contributed by atoms with van der Waals surface area (Å²) in [5.74, 6) is 2.81. The smallest absolute Gasteiger partial charge is 0.258 e. The lowest BCUT2D eigenvalue weighted by molar-refractivity contribution is -0.134. The maximum Gasteiger partial charge on any atom is 0.258 e. The lowest BCUT2D eigenvalue weighted by Crippen LogP contribution is -2.40. The Balaban J connectivity index is 1.73. The lowest BCUT2D eigenvalue weighted by atomic mass is 9.93. The first kappa shape index (κ1) is 16.6. The molecule has 4 amide bonds. The number of hydrogen-bond donors (Lipinski definition) is 2. The van der Waals surface area contributed by atoms with Gasteiger partial charge >= 0.3 is 0 Å². The molecular weight excluding hydrogens is 324 g/mol. The largest absolute Gasteiger partial charge is 0.303 e. The number of amides is 4. The lowest BCUT2D eigenvalue weighted by Gasteiger charge is -2.15. The highest BCUT2D eigenvalue weighted by Crippen LogP contribution is 2.23. The summed E-state index contributed by atoms with van der Waals surface area (Å²) < 4.78 is 0. The van der Waals surface area contributed by atoms with Crippen LogP contribution in [0.3, 0.4) is 0 Å². The van der Waals surface area contributed by atoms with Gasteiger partial charge in [-0.3, -0.25) is 29.8 Å². The van der Waals surface area contributed by atoms with Crippen molar-refractivity contribution in [3.8, 4) is 11.8 Å². The van der Waals surface area contributed by atoms with Gasteiger partial charge in [0.2, 0.25) is 11.8 Å². The molecule has 0 bridgehead atoms. The first-order chi connectivity index (χ1) is 12.0. The van der Waals surface area contributed by atoms with E-state index in [9.17, 15) is 24.0 Å². The van der Waals surface area contributed by atoms with Crippen LogP contribution in [0.25, 0.3) is 0 Å². The summed E-state index contributed by atoms with van der Waals surface area (Å²) in [5.41, 5.74) is 1.11. The Morgan fingerprint density at radius 3 is 2.60 bits per heavy atom. The van der Waals surface area contributed by atoms with E-state index in [4.69, 9.17) is 0 Å². The molecular formula is C18H14N2O5. The number of imide groups is 2. The maximum absolute atomic E-state index is 11.7. The minimum Gasteiger partial charge on any atom is -0.303 e.